The van der Waals surface area contributed by atoms with Gasteiger partial charge in [-0.2, -0.15) is 0 Å². The molecule has 2 fully saturated rings. The Bertz CT molecular complexity index is 425. The summed E-state index contributed by atoms with van der Waals surface area (Å²) in [5, 5.41) is 3.89. The van der Waals surface area contributed by atoms with Crippen molar-refractivity contribution in [3.05, 3.63) is 35.4 Å². The predicted molar refractivity (Wildman–Crippen MR) is 65.4 cm³/mol. The maximum atomic E-state index is 3.89. The third-order valence-corrected chi connectivity index (χ3v) is 5.18. The van der Waals surface area contributed by atoms with Crippen LogP contribution in [0.2, 0.25) is 0 Å². The Morgan fingerprint density at radius 3 is 3.12 bits per heavy atom. The van der Waals surface area contributed by atoms with Crippen molar-refractivity contribution in [2.45, 2.75) is 43.6 Å². The first kappa shape index (κ1) is 9.23. The summed E-state index contributed by atoms with van der Waals surface area (Å²) in [4.78, 5) is 0. The van der Waals surface area contributed by atoms with Crippen molar-refractivity contribution >= 4 is 0 Å². The highest BCUT2D eigenvalue weighted by Gasteiger charge is 2.51. The van der Waals surface area contributed by atoms with E-state index < -0.39 is 0 Å². The second-order valence-corrected chi connectivity index (χ2v) is 5.81. The van der Waals surface area contributed by atoms with Gasteiger partial charge in [0.1, 0.15) is 0 Å². The average molecular weight is 213 g/mol. The van der Waals surface area contributed by atoms with Crippen molar-refractivity contribution in [2.24, 2.45) is 5.92 Å². The molecule has 2 heterocycles. The fourth-order valence-electron chi connectivity index (χ4n) is 4.47. The summed E-state index contributed by atoms with van der Waals surface area (Å²) in [6, 6.07) is 9.19. The second-order valence-electron chi connectivity index (χ2n) is 5.81. The van der Waals surface area contributed by atoms with Gasteiger partial charge in [0.15, 0.2) is 0 Å². The molecule has 5 rings (SSSR count). The fourth-order valence-corrected chi connectivity index (χ4v) is 4.47. The van der Waals surface area contributed by atoms with Gasteiger partial charge in [-0.05, 0) is 42.2 Å². The molecule has 1 heteroatoms. The molecule has 2 aliphatic heterocycles. The van der Waals surface area contributed by atoms with E-state index >= 15 is 0 Å². The lowest BCUT2D eigenvalue weighted by Gasteiger charge is -2.56. The smallest absolute Gasteiger partial charge is 0.0466 e. The van der Waals surface area contributed by atoms with Crippen LogP contribution in [0, 0.1) is 5.92 Å². The number of piperidine rings is 1. The van der Waals surface area contributed by atoms with Crippen LogP contribution >= 0.6 is 0 Å². The summed E-state index contributed by atoms with van der Waals surface area (Å²) < 4.78 is 0. The molecule has 2 bridgehead atoms. The third-order valence-electron chi connectivity index (χ3n) is 5.18. The minimum absolute atomic E-state index is 0.365. The van der Waals surface area contributed by atoms with E-state index in [4.69, 9.17) is 0 Å². The Morgan fingerprint density at radius 2 is 2.12 bits per heavy atom. The summed E-state index contributed by atoms with van der Waals surface area (Å²) in [5.41, 5.74) is 3.66. The van der Waals surface area contributed by atoms with Gasteiger partial charge >= 0.3 is 0 Å². The standard InChI is InChI=1S/C15H19N/c1-2-7-14-13(6-1)11-9-12-5-3-4-8-15(12,14)16-10-11/h1-2,6-7,11-12,16H,3-5,8-10H2/t11-,12+,15+/m1/s1. The Hall–Kier alpha value is -0.820. The van der Waals surface area contributed by atoms with Gasteiger partial charge < -0.3 is 5.32 Å². The highest BCUT2D eigenvalue weighted by Crippen LogP contribution is 2.54. The van der Waals surface area contributed by atoms with Crippen molar-refractivity contribution in [3.63, 3.8) is 0 Å². The molecule has 4 aliphatic rings. The highest BCUT2D eigenvalue weighted by atomic mass is 15.0. The summed E-state index contributed by atoms with van der Waals surface area (Å²) in [6.45, 7) is 1.22. The number of benzene rings is 1. The number of fused-ring (bicyclic) bond motifs is 1. The molecule has 2 aliphatic carbocycles. The summed E-state index contributed by atoms with van der Waals surface area (Å²) >= 11 is 0. The van der Waals surface area contributed by atoms with E-state index in [1.54, 1.807) is 11.1 Å². The molecule has 0 amide bonds. The highest BCUT2D eigenvalue weighted by molar-refractivity contribution is 5.43. The normalized spacial score (nSPS) is 40.2. The average Bonchev–Trinajstić information content (AvgIpc) is 2.39. The summed E-state index contributed by atoms with van der Waals surface area (Å²) in [7, 11) is 0. The van der Waals surface area contributed by atoms with E-state index in [-0.39, 0.29) is 0 Å². The lowest BCUT2D eigenvalue weighted by atomic mass is 9.57. The number of hydrogen-bond acceptors (Lipinski definition) is 1. The first-order valence-electron chi connectivity index (χ1n) is 6.74. The van der Waals surface area contributed by atoms with Crippen LogP contribution in [-0.2, 0) is 5.54 Å². The molecule has 1 spiro atoms. The quantitative estimate of drug-likeness (QED) is 0.698. The van der Waals surface area contributed by atoms with Gasteiger partial charge in [-0.25, -0.2) is 0 Å². The molecule has 3 atom stereocenters. The zero-order valence-electron chi connectivity index (χ0n) is 9.71. The van der Waals surface area contributed by atoms with Crippen molar-refractivity contribution in [1.82, 2.24) is 5.32 Å². The Balaban J connectivity index is 1.93. The zero-order chi connectivity index (χ0) is 10.6. The van der Waals surface area contributed by atoms with E-state index in [9.17, 15) is 0 Å². The summed E-state index contributed by atoms with van der Waals surface area (Å²) in [6.07, 6.45) is 7.09. The van der Waals surface area contributed by atoms with E-state index in [1.807, 2.05) is 0 Å². The van der Waals surface area contributed by atoms with Crippen LogP contribution in [0.5, 0.6) is 0 Å². The number of nitrogens with one attached hydrogen (secondary N) is 1. The van der Waals surface area contributed by atoms with Crippen LogP contribution in [0.3, 0.4) is 0 Å². The zero-order valence-corrected chi connectivity index (χ0v) is 9.71. The van der Waals surface area contributed by atoms with Gasteiger partial charge in [0.05, 0.1) is 0 Å². The van der Waals surface area contributed by atoms with Gasteiger partial charge in [0.2, 0.25) is 0 Å². The minimum Gasteiger partial charge on any atom is -0.307 e. The van der Waals surface area contributed by atoms with Crippen molar-refractivity contribution in [2.75, 3.05) is 6.54 Å². The molecule has 16 heavy (non-hydrogen) atoms. The van der Waals surface area contributed by atoms with Gasteiger partial charge in [-0.15, -0.1) is 0 Å². The lowest BCUT2D eigenvalue weighted by Crippen LogP contribution is -2.59. The van der Waals surface area contributed by atoms with E-state index in [1.165, 1.54) is 38.6 Å². The predicted octanol–water partition coefficient (Wildman–Crippen LogP) is 3.16. The van der Waals surface area contributed by atoms with Crippen LogP contribution < -0.4 is 5.32 Å². The molecule has 1 saturated heterocycles. The SMILES string of the molecule is c1ccc2c(c1)[C@H]1CN[C@]23CCCC[C@H]3C1. The molecule has 1 N–H and O–H groups in total. The summed E-state index contributed by atoms with van der Waals surface area (Å²) in [5.74, 6) is 1.70. The van der Waals surface area contributed by atoms with Crippen LogP contribution in [0.1, 0.15) is 49.1 Å². The maximum Gasteiger partial charge on any atom is 0.0466 e. The molecule has 84 valence electrons. The molecular formula is C15H19N. The molecule has 1 saturated carbocycles. The van der Waals surface area contributed by atoms with Gasteiger partial charge in [-0.3, -0.25) is 0 Å². The first-order valence-corrected chi connectivity index (χ1v) is 6.74. The van der Waals surface area contributed by atoms with Crippen molar-refractivity contribution < 1.29 is 0 Å². The third kappa shape index (κ3) is 1.00. The Labute approximate surface area is 97.2 Å². The second kappa shape index (κ2) is 3.10. The largest absolute Gasteiger partial charge is 0.307 e. The monoisotopic (exact) mass is 213 g/mol. The molecule has 0 unspecified atom stereocenters. The van der Waals surface area contributed by atoms with Crippen LogP contribution in [0.25, 0.3) is 0 Å². The van der Waals surface area contributed by atoms with Gasteiger partial charge in [0, 0.05) is 12.1 Å². The van der Waals surface area contributed by atoms with E-state index in [2.05, 4.69) is 29.6 Å². The van der Waals surface area contributed by atoms with E-state index in [0.717, 1.165) is 11.8 Å². The number of rotatable bonds is 0. The van der Waals surface area contributed by atoms with E-state index in [0.29, 0.717) is 5.54 Å². The maximum absolute atomic E-state index is 3.89. The lowest BCUT2D eigenvalue weighted by molar-refractivity contribution is 0.0699. The molecule has 1 aromatic carbocycles. The molecule has 0 radical (unpaired) electrons. The molecular weight excluding hydrogens is 194 g/mol. The Kier molecular flexibility index (Phi) is 1.79. The Morgan fingerprint density at radius 1 is 1.19 bits per heavy atom. The molecule has 1 aromatic rings. The van der Waals surface area contributed by atoms with Crippen LogP contribution in [0.4, 0.5) is 0 Å². The van der Waals surface area contributed by atoms with Crippen molar-refractivity contribution in [1.29, 1.82) is 0 Å². The molecule has 1 nitrogen and oxygen atoms in total. The number of hydrogen-bond donors (Lipinski definition) is 1. The topological polar surface area (TPSA) is 12.0 Å². The van der Waals surface area contributed by atoms with Gasteiger partial charge in [0.25, 0.3) is 0 Å². The van der Waals surface area contributed by atoms with Crippen LogP contribution in [-0.4, -0.2) is 6.54 Å². The van der Waals surface area contributed by atoms with Crippen LogP contribution in [0.15, 0.2) is 24.3 Å². The fraction of sp³-hybridized carbons (Fsp3) is 0.600. The van der Waals surface area contributed by atoms with Gasteiger partial charge in [-0.1, -0.05) is 37.1 Å². The minimum atomic E-state index is 0.365. The van der Waals surface area contributed by atoms with Crippen molar-refractivity contribution in [3.8, 4) is 0 Å². The molecule has 0 aromatic heterocycles. The first-order chi connectivity index (χ1) is 7.90.